The number of aliphatic carboxylic acids is 2. The van der Waals surface area contributed by atoms with E-state index in [1.807, 2.05) is 6.92 Å². The number of anilines is 4. The van der Waals surface area contributed by atoms with Gasteiger partial charge in [0, 0.05) is 77.4 Å². The molecule has 33 nitrogen and oxygen atoms in total. The molecule has 0 radical (unpaired) electrons. The SMILES string of the molecule is CCCNC(=O)Nc1cccc(S(=O)(=O)Nc2cccc([C@@H](CC(=O)O)NC(=O)Nc3ccc(NC(=O)NCCOCCOCCOCCC(=O)N[C@@H](CC(=O)O)C(=O)N4CCC[C@H]4C(=O)N[C@H](C(=O)O[C@]4(CC)C(=O)OCc5c4cc4n(c5=O)Cc5c-4nc4cc(F)c(C)c6c4c5[C@@H](N)CC6)C(C)C)cc3)c2)c1. The zero-order valence-corrected chi connectivity index (χ0v) is 61.5. The van der Waals surface area contributed by atoms with E-state index in [-0.39, 0.29) is 117 Å². The summed E-state index contributed by atoms with van der Waals surface area (Å²) in [5.74, 6) is -8.14. The minimum absolute atomic E-state index is 0.0104. The Labute approximate surface area is 625 Å². The number of nitrogens with two attached hydrogens (primary N) is 1. The van der Waals surface area contributed by atoms with E-state index in [0.717, 1.165) is 21.4 Å². The summed E-state index contributed by atoms with van der Waals surface area (Å²) in [5.41, 5.74) is 9.20. The van der Waals surface area contributed by atoms with E-state index >= 15 is 4.39 Å². The van der Waals surface area contributed by atoms with Gasteiger partial charge in [0.15, 0.2) is 0 Å². The van der Waals surface area contributed by atoms with Gasteiger partial charge in [-0.15, -0.1) is 0 Å². The lowest BCUT2D eigenvalue weighted by Crippen LogP contribution is -2.57. The molecule has 13 N–H and O–H groups in total. The first-order chi connectivity index (χ1) is 52.1. The summed E-state index contributed by atoms with van der Waals surface area (Å²) in [5, 5.41) is 41.1. The number of aromatic nitrogens is 2. The molecule has 0 unspecified atom stereocenters. The maximum Gasteiger partial charge on any atom is 0.355 e. The summed E-state index contributed by atoms with van der Waals surface area (Å²) in [4.78, 5) is 152. The Hall–Kier alpha value is -11.1. The molecule has 9 amide bonds. The van der Waals surface area contributed by atoms with Crippen LogP contribution in [0.3, 0.4) is 0 Å². The number of cyclic esters (lactones) is 1. The number of esters is 2. The number of fused-ring (bicyclic) bond motifs is 5. The van der Waals surface area contributed by atoms with Gasteiger partial charge < -0.3 is 91.6 Å². The number of hydrogen-bond acceptors (Lipinski definition) is 20. The number of urea groups is 3. The molecule has 4 aliphatic rings. The Kier molecular flexibility index (Phi) is 26.3. The lowest BCUT2D eigenvalue weighted by molar-refractivity contribution is -0.191. The predicted octanol–water partition coefficient (Wildman–Crippen LogP) is 6.05. The second-order valence-corrected chi connectivity index (χ2v) is 28.6. The average molecular weight is 1530 g/mol. The van der Waals surface area contributed by atoms with Gasteiger partial charge in [-0.05, 0) is 134 Å². The molecular formula is C74H88FN13O20S. The highest BCUT2D eigenvalue weighted by atomic mass is 32.2. The van der Waals surface area contributed by atoms with Gasteiger partial charge in [-0.3, -0.25) is 33.5 Å². The molecular weight excluding hydrogens is 1440 g/mol. The first-order valence-corrected chi connectivity index (χ1v) is 37.2. The second kappa shape index (κ2) is 35.7. The molecule has 0 spiro atoms. The molecule has 2 aromatic heterocycles. The number of nitrogens with zero attached hydrogens (tertiary/aromatic N) is 3. The van der Waals surface area contributed by atoms with Crippen molar-refractivity contribution in [1.82, 2.24) is 41.0 Å². The van der Waals surface area contributed by atoms with Crippen LogP contribution in [-0.4, -0.2) is 170 Å². The summed E-state index contributed by atoms with van der Waals surface area (Å²) in [6.45, 7) is 9.04. The van der Waals surface area contributed by atoms with Gasteiger partial charge in [-0.1, -0.05) is 45.9 Å². The number of likely N-dealkylation sites (tertiary alicyclic amines) is 1. The Morgan fingerprint density at radius 3 is 2.07 bits per heavy atom. The molecule has 6 atom stereocenters. The molecule has 3 aliphatic heterocycles. The highest BCUT2D eigenvalue weighted by Crippen LogP contribution is 2.46. The maximum atomic E-state index is 15.3. The lowest BCUT2D eigenvalue weighted by atomic mass is 9.82. The van der Waals surface area contributed by atoms with Crippen molar-refractivity contribution in [2.75, 3.05) is 79.9 Å². The number of rotatable bonds is 34. The molecule has 0 bridgehead atoms. The second-order valence-electron chi connectivity index (χ2n) is 26.9. The molecule has 1 aliphatic carbocycles. The van der Waals surface area contributed by atoms with Gasteiger partial charge in [0.2, 0.25) is 23.3 Å². The van der Waals surface area contributed by atoms with Crippen molar-refractivity contribution < 1.29 is 94.7 Å². The fraction of sp³-hybridized carbons (Fsp3) is 0.432. The van der Waals surface area contributed by atoms with Gasteiger partial charge in [0.25, 0.3) is 15.6 Å². The number of hydrogen-bond donors (Lipinski definition) is 12. The number of carboxylic acid groups (broad SMARTS) is 2. The van der Waals surface area contributed by atoms with Crippen LogP contribution in [0.15, 0.2) is 94.6 Å². The number of aryl methyl sites for hydroxylation is 1. The highest BCUT2D eigenvalue weighted by Gasteiger charge is 2.52. The van der Waals surface area contributed by atoms with Crippen LogP contribution in [0.1, 0.15) is 130 Å². The number of nitrogens with one attached hydrogen (secondary N) is 9. The molecule has 1 fully saturated rings. The van der Waals surface area contributed by atoms with Crippen LogP contribution in [-0.2, 0) is 92.4 Å². The minimum Gasteiger partial charge on any atom is -0.481 e. The van der Waals surface area contributed by atoms with Crippen LogP contribution in [0.5, 0.6) is 0 Å². The third-order valence-electron chi connectivity index (χ3n) is 19.0. The van der Waals surface area contributed by atoms with Crippen LogP contribution in [0.25, 0.3) is 22.3 Å². The number of sulfonamides is 1. The zero-order chi connectivity index (χ0) is 78.4. The summed E-state index contributed by atoms with van der Waals surface area (Å²) in [7, 11) is -4.19. The number of benzene rings is 4. The Bertz CT molecular complexity index is 4680. The number of ether oxygens (including phenoxy) is 5. The Morgan fingerprint density at radius 1 is 0.743 bits per heavy atom. The van der Waals surface area contributed by atoms with Gasteiger partial charge in [0.1, 0.15) is 30.5 Å². The topological polar surface area (TPSA) is 464 Å². The van der Waals surface area contributed by atoms with Crippen molar-refractivity contribution in [3.05, 3.63) is 140 Å². The quantitative estimate of drug-likeness (QED) is 0.0161. The van der Waals surface area contributed by atoms with Crippen molar-refractivity contribution in [2.24, 2.45) is 11.7 Å². The van der Waals surface area contributed by atoms with Crippen LogP contribution in [0.2, 0.25) is 0 Å². The predicted molar refractivity (Wildman–Crippen MR) is 393 cm³/mol. The van der Waals surface area contributed by atoms with Gasteiger partial charge in [-0.25, -0.2) is 41.8 Å². The molecule has 4 aromatic carbocycles. The third kappa shape index (κ3) is 19.2. The maximum absolute atomic E-state index is 15.3. The number of pyridine rings is 2. The first kappa shape index (κ1) is 80.4. The number of carbonyl (C=O) groups excluding carboxylic acids is 8. The van der Waals surface area contributed by atoms with Crippen LogP contribution in [0.4, 0.5) is 41.5 Å². The van der Waals surface area contributed by atoms with Crippen molar-refractivity contribution in [2.45, 2.75) is 146 Å². The highest BCUT2D eigenvalue weighted by molar-refractivity contribution is 7.92. The standard InChI is InChI=1S/C74H88FN13O20S/c1-6-23-77-71(99)81-45-12-9-14-47(33-45)109(102,103)86-46-13-8-11-42(32-46)54(36-60(90)91)84-73(101)80-44-18-16-43(17-19-44)79-72(100)78-24-27-105-29-31-106-30-28-104-26-22-59(89)82-56(37-61(92)93)68(96)87-25-10-15-57(87)66(94)85-64(40(3)4)69(97)108-74(7-2)51-34-58-65-49(38-88(58)67(95)50(51)39-107-70(74)98)62-53(76)21-20-48-41(5)52(75)35-55(83-65)63(48)62/h8-9,11-14,16-19,32-35,40,53-54,56-57,64,86H,6-7,10,15,20-31,36-39,76H2,1-5H3,(H,82,89)(H,85,94)(H,90,91)(H,92,93)(H2,77,81,99)(H2,78,79,100)(H2,80,84,101)/t53-,54+,56-,57-,64-,74-/m0/s1. The van der Waals surface area contributed by atoms with E-state index in [2.05, 4.69) is 47.3 Å². The number of halogens is 1. The van der Waals surface area contributed by atoms with Gasteiger partial charge in [0.05, 0.1) is 92.4 Å². The number of carboxylic acids is 2. The molecule has 35 heteroatoms. The van der Waals surface area contributed by atoms with Crippen molar-refractivity contribution in [1.29, 1.82) is 0 Å². The Balaban J connectivity index is 0.619. The summed E-state index contributed by atoms with van der Waals surface area (Å²) < 4.78 is 74.3. The molecule has 5 heterocycles. The van der Waals surface area contributed by atoms with Crippen molar-refractivity contribution >= 4 is 103 Å². The molecule has 1 saturated heterocycles. The van der Waals surface area contributed by atoms with Crippen LogP contribution in [0, 0.1) is 18.7 Å². The number of amides is 9. The monoisotopic (exact) mass is 1530 g/mol. The third-order valence-corrected chi connectivity index (χ3v) is 20.4. The van der Waals surface area contributed by atoms with E-state index in [0.29, 0.717) is 65.9 Å². The van der Waals surface area contributed by atoms with Crippen LogP contribution >= 0.6 is 0 Å². The normalized spacial score (nSPS) is 17.0. The van der Waals surface area contributed by atoms with E-state index in [9.17, 15) is 71.4 Å². The smallest absolute Gasteiger partial charge is 0.355 e. The zero-order valence-electron chi connectivity index (χ0n) is 60.6. The fourth-order valence-corrected chi connectivity index (χ4v) is 14.7. The van der Waals surface area contributed by atoms with Gasteiger partial charge >= 0.3 is 42.0 Å². The van der Waals surface area contributed by atoms with Crippen molar-refractivity contribution in [3.8, 4) is 11.4 Å². The van der Waals surface area contributed by atoms with E-state index in [1.165, 1.54) is 83.4 Å². The van der Waals surface area contributed by atoms with Crippen LogP contribution < -0.4 is 58.5 Å². The Morgan fingerprint density at radius 2 is 1.39 bits per heavy atom. The molecule has 6 aromatic rings. The summed E-state index contributed by atoms with van der Waals surface area (Å²) in [6, 6.07) is 12.8. The molecule has 10 rings (SSSR count). The molecule has 0 saturated carbocycles. The molecule has 582 valence electrons. The minimum atomic E-state index is -4.19. The van der Waals surface area contributed by atoms with E-state index in [4.69, 9.17) is 34.4 Å². The largest absolute Gasteiger partial charge is 0.481 e. The van der Waals surface area contributed by atoms with E-state index < -0.39 is 142 Å². The average Bonchev–Trinajstić information content (AvgIpc) is 1.60. The fourth-order valence-electron chi connectivity index (χ4n) is 13.6. The summed E-state index contributed by atoms with van der Waals surface area (Å²) >= 11 is 0. The van der Waals surface area contributed by atoms with Crippen molar-refractivity contribution in [3.63, 3.8) is 0 Å². The van der Waals surface area contributed by atoms with E-state index in [1.54, 1.807) is 33.8 Å². The first-order valence-electron chi connectivity index (χ1n) is 35.7. The lowest BCUT2D eigenvalue weighted by Gasteiger charge is -2.37. The summed E-state index contributed by atoms with van der Waals surface area (Å²) in [6.07, 6.45) is 0.354. The van der Waals surface area contributed by atoms with Gasteiger partial charge in [-0.2, -0.15) is 0 Å². The number of carbonyl (C=O) groups is 10. The molecule has 109 heavy (non-hydrogen) atoms.